The highest BCUT2D eigenvalue weighted by Gasteiger charge is 2.39. The first kappa shape index (κ1) is 25.8. The number of hydrogen-bond donors (Lipinski definition) is 6. The molecule has 1 saturated heterocycles. The molecule has 1 aliphatic rings. The third kappa shape index (κ3) is 7.00. The number of amides is 3. The number of likely N-dealkylation sites (tertiary alicyclic amines) is 1. The van der Waals surface area contributed by atoms with Gasteiger partial charge in [-0.3, -0.25) is 19.2 Å². The molecular weight excluding hydrogens is 436 g/mol. The summed E-state index contributed by atoms with van der Waals surface area (Å²) in [7, 11) is 0. The number of nitrogens with two attached hydrogens (primary N) is 1. The Bertz CT molecular complexity index is 872. The fourth-order valence-electron chi connectivity index (χ4n) is 3.53. The standard InChI is InChI=1S/C20H30N6O7/c1-10(2)16(21)18(30)24-12(7-15(27)28)17(29)25-13(6-11-8-22-9-23-11)19(31)26-5-3-4-14(26)20(32)33/h8-10,12-14,16H,3-7,21H2,1-2H3,(H,22,23)(H,24,30)(H,25,29)(H,27,28)(H,32,33). The minimum absolute atomic E-state index is 0.0351. The van der Waals surface area contributed by atoms with E-state index in [1.54, 1.807) is 13.8 Å². The molecule has 1 aliphatic heterocycles. The molecule has 1 fully saturated rings. The van der Waals surface area contributed by atoms with Crippen LogP contribution in [-0.2, 0) is 30.4 Å². The molecule has 0 saturated carbocycles. The van der Waals surface area contributed by atoms with E-state index in [1.165, 1.54) is 17.4 Å². The van der Waals surface area contributed by atoms with Crippen molar-refractivity contribution in [3.63, 3.8) is 0 Å². The van der Waals surface area contributed by atoms with Gasteiger partial charge in [0.25, 0.3) is 0 Å². The summed E-state index contributed by atoms with van der Waals surface area (Å²) in [6.07, 6.45) is 2.86. The first-order valence-electron chi connectivity index (χ1n) is 10.6. The number of aliphatic carboxylic acids is 2. The monoisotopic (exact) mass is 466 g/mol. The number of carboxylic acids is 2. The molecule has 182 valence electrons. The third-order valence-corrected chi connectivity index (χ3v) is 5.45. The van der Waals surface area contributed by atoms with E-state index in [-0.39, 0.29) is 25.3 Å². The number of imidazole rings is 1. The maximum absolute atomic E-state index is 13.2. The fraction of sp³-hybridized carbons (Fsp3) is 0.600. The maximum atomic E-state index is 13.2. The molecular formula is C20H30N6O7. The summed E-state index contributed by atoms with van der Waals surface area (Å²) < 4.78 is 0. The molecule has 33 heavy (non-hydrogen) atoms. The van der Waals surface area contributed by atoms with Crippen LogP contribution in [0.5, 0.6) is 0 Å². The van der Waals surface area contributed by atoms with Crippen LogP contribution in [0.25, 0.3) is 0 Å². The predicted octanol–water partition coefficient (Wildman–Crippen LogP) is -1.54. The Morgan fingerprint density at radius 3 is 2.39 bits per heavy atom. The normalized spacial score (nSPS) is 18.4. The molecule has 13 nitrogen and oxygen atoms in total. The Hall–Kier alpha value is -3.48. The SMILES string of the molecule is CC(C)C(N)C(=O)NC(CC(=O)O)C(=O)NC(Cc1cnc[nH]1)C(=O)N1CCCC1C(=O)O. The summed E-state index contributed by atoms with van der Waals surface area (Å²) in [4.78, 5) is 69.1. The van der Waals surface area contributed by atoms with Crippen LogP contribution in [0.1, 0.15) is 38.8 Å². The number of rotatable bonds is 11. The second kappa shape index (κ2) is 11.4. The number of nitrogens with one attached hydrogen (secondary N) is 3. The smallest absolute Gasteiger partial charge is 0.326 e. The van der Waals surface area contributed by atoms with E-state index in [1.807, 2.05) is 0 Å². The Kier molecular flexibility index (Phi) is 8.91. The molecule has 1 aromatic rings. The maximum Gasteiger partial charge on any atom is 0.326 e. The Morgan fingerprint density at radius 1 is 1.18 bits per heavy atom. The van der Waals surface area contributed by atoms with E-state index in [9.17, 15) is 34.2 Å². The number of aromatic amines is 1. The molecule has 0 radical (unpaired) electrons. The molecule has 0 aliphatic carbocycles. The van der Waals surface area contributed by atoms with Gasteiger partial charge in [0.05, 0.1) is 18.8 Å². The fourth-order valence-corrected chi connectivity index (χ4v) is 3.53. The van der Waals surface area contributed by atoms with Crippen molar-refractivity contribution in [3.8, 4) is 0 Å². The molecule has 13 heteroatoms. The first-order valence-corrected chi connectivity index (χ1v) is 10.6. The minimum Gasteiger partial charge on any atom is -0.481 e. The highest BCUT2D eigenvalue weighted by atomic mass is 16.4. The lowest BCUT2D eigenvalue weighted by Gasteiger charge is -2.28. The minimum atomic E-state index is -1.48. The summed E-state index contributed by atoms with van der Waals surface area (Å²) in [5.41, 5.74) is 6.29. The van der Waals surface area contributed by atoms with Crippen molar-refractivity contribution in [2.24, 2.45) is 11.7 Å². The number of H-pyrrole nitrogens is 1. The molecule has 1 aromatic heterocycles. The third-order valence-electron chi connectivity index (χ3n) is 5.45. The van der Waals surface area contributed by atoms with Crippen LogP contribution in [0.15, 0.2) is 12.5 Å². The zero-order valence-electron chi connectivity index (χ0n) is 18.5. The van der Waals surface area contributed by atoms with Crippen LogP contribution >= 0.6 is 0 Å². The highest BCUT2D eigenvalue weighted by molar-refractivity contribution is 5.95. The number of nitrogens with zero attached hydrogens (tertiary/aromatic N) is 2. The Balaban J connectivity index is 2.23. The van der Waals surface area contributed by atoms with Crippen molar-refractivity contribution in [2.45, 2.75) is 63.7 Å². The number of hydrogen-bond acceptors (Lipinski definition) is 7. The Labute approximate surface area is 190 Å². The van der Waals surface area contributed by atoms with E-state index >= 15 is 0 Å². The van der Waals surface area contributed by atoms with Gasteiger partial charge in [0.1, 0.15) is 18.1 Å². The number of carbonyl (C=O) groups excluding carboxylic acids is 3. The molecule has 4 atom stereocenters. The van der Waals surface area contributed by atoms with E-state index in [2.05, 4.69) is 20.6 Å². The molecule has 7 N–H and O–H groups in total. The zero-order valence-corrected chi connectivity index (χ0v) is 18.5. The van der Waals surface area contributed by atoms with Gasteiger partial charge in [-0.1, -0.05) is 13.8 Å². The van der Waals surface area contributed by atoms with Gasteiger partial charge in [-0.15, -0.1) is 0 Å². The summed E-state index contributed by atoms with van der Waals surface area (Å²) in [6.45, 7) is 3.61. The molecule has 2 rings (SSSR count). The van der Waals surface area contributed by atoms with Crippen molar-refractivity contribution in [1.82, 2.24) is 25.5 Å². The number of aromatic nitrogens is 2. The quantitative estimate of drug-likeness (QED) is 0.223. The molecule has 0 aromatic carbocycles. The molecule has 0 bridgehead atoms. The van der Waals surface area contributed by atoms with Gasteiger partial charge in [-0.25, -0.2) is 9.78 Å². The van der Waals surface area contributed by atoms with E-state index < -0.39 is 60.2 Å². The summed E-state index contributed by atoms with van der Waals surface area (Å²) in [5, 5.41) is 23.4. The van der Waals surface area contributed by atoms with Crippen molar-refractivity contribution < 1.29 is 34.2 Å². The predicted molar refractivity (Wildman–Crippen MR) is 114 cm³/mol. The Morgan fingerprint density at radius 2 is 1.85 bits per heavy atom. The highest BCUT2D eigenvalue weighted by Crippen LogP contribution is 2.19. The zero-order chi connectivity index (χ0) is 24.7. The van der Waals surface area contributed by atoms with Crippen LogP contribution < -0.4 is 16.4 Å². The van der Waals surface area contributed by atoms with Gasteiger partial charge in [0, 0.05) is 24.9 Å². The van der Waals surface area contributed by atoms with Gasteiger partial charge < -0.3 is 36.5 Å². The first-order chi connectivity index (χ1) is 15.5. The van der Waals surface area contributed by atoms with Crippen molar-refractivity contribution in [2.75, 3.05) is 6.54 Å². The average molecular weight is 466 g/mol. The van der Waals surface area contributed by atoms with Gasteiger partial charge >= 0.3 is 11.9 Å². The lowest BCUT2D eigenvalue weighted by molar-refractivity contribution is -0.149. The van der Waals surface area contributed by atoms with Crippen molar-refractivity contribution in [3.05, 3.63) is 18.2 Å². The second-order valence-corrected chi connectivity index (χ2v) is 8.30. The summed E-state index contributed by atoms with van der Waals surface area (Å²) >= 11 is 0. The van der Waals surface area contributed by atoms with Crippen LogP contribution in [0.4, 0.5) is 0 Å². The topological polar surface area (TPSA) is 208 Å². The second-order valence-electron chi connectivity index (χ2n) is 8.30. The number of carbonyl (C=O) groups is 5. The van der Waals surface area contributed by atoms with Crippen LogP contribution in [-0.4, -0.2) is 85.5 Å². The van der Waals surface area contributed by atoms with E-state index in [4.69, 9.17) is 5.73 Å². The molecule has 3 amide bonds. The van der Waals surface area contributed by atoms with Crippen molar-refractivity contribution in [1.29, 1.82) is 0 Å². The van der Waals surface area contributed by atoms with Crippen LogP contribution in [0.2, 0.25) is 0 Å². The van der Waals surface area contributed by atoms with Gasteiger partial charge in [0.15, 0.2) is 0 Å². The molecule has 4 unspecified atom stereocenters. The lowest BCUT2D eigenvalue weighted by Crippen LogP contribution is -2.58. The van der Waals surface area contributed by atoms with Crippen molar-refractivity contribution >= 4 is 29.7 Å². The largest absolute Gasteiger partial charge is 0.481 e. The number of carboxylic acid groups (broad SMARTS) is 2. The van der Waals surface area contributed by atoms with E-state index in [0.717, 1.165) is 0 Å². The van der Waals surface area contributed by atoms with E-state index in [0.29, 0.717) is 12.1 Å². The van der Waals surface area contributed by atoms with Crippen LogP contribution in [0.3, 0.4) is 0 Å². The summed E-state index contributed by atoms with van der Waals surface area (Å²) in [6, 6.07) is -4.66. The van der Waals surface area contributed by atoms with Gasteiger partial charge in [-0.2, -0.15) is 0 Å². The van der Waals surface area contributed by atoms with Crippen LogP contribution in [0, 0.1) is 5.92 Å². The van der Waals surface area contributed by atoms with Gasteiger partial charge in [-0.05, 0) is 18.8 Å². The van der Waals surface area contributed by atoms with Gasteiger partial charge in [0.2, 0.25) is 17.7 Å². The summed E-state index contributed by atoms with van der Waals surface area (Å²) in [5.74, 6) is -4.96. The average Bonchev–Trinajstić information content (AvgIpc) is 3.43. The molecule has 0 spiro atoms. The lowest BCUT2D eigenvalue weighted by atomic mass is 10.0. The molecule has 2 heterocycles.